The van der Waals surface area contributed by atoms with E-state index in [9.17, 15) is 0 Å². The molecule has 4 heteroatoms. The largest absolute Gasteiger partial charge is 0.493 e. The Labute approximate surface area is 236 Å². The van der Waals surface area contributed by atoms with Gasteiger partial charge in [0.05, 0.1) is 13.2 Å². The molecule has 3 aromatic carbocycles. The summed E-state index contributed by atoms with van der Waals surface area (Å²) in [5.74, 6) is 1.79. The molecular weight excluding hydrogens is 505 g/mol. The molecule has 0 spiro atoms. The summed E-state index contributed by atoms with van der Waals surface area (Å²) in [4.78, 5) is 2.76. The van der Waals surface area contributed by atoms with Gasteiger partial charge in [-0.25, -0.2) is 0 Å². The first kappa shape index (κ1) is 30.0. The van der Waals surface area contributed by atoms with E-state index in [2.05, 4.69) is 124 Å². The molecule has 0 heterocycles. The summed E-state index contributed by atoms with van der Waals surface area (Å²) >= 11 is 0. The number of benzene rings is 3. The second-order valence-electron chi connectivity index (χ2n) is 9.77. The van der Waals surface area contributed by atoms with E-state index in [0.717, 1.165) is 48.3 Å². The lowest BCUT2D eigenvalue weighted by atomic mass is 10.1. The normalized spacial score (nSPS) is 11.8. The van der Waals surface area contributed by atoms with Crippen LogP contribution in [0.2, 0.25) is 0 Å². The zero-order valence-electron chi connectivity index (χ0n) is 24.0. The minimum atomic E-state index is 0.268. The smallest absolute Gasteiger partial charge is 0.154 e. The number of ether oxygens (including phenoxy) is 2. The van der Waals surface area contributed by atoms with E-state index < -0.39 is 0 Å². The van der Waals surface area contributed by atoms with Crippen molar-refractivity contribution in [2.45, 2.75) is 49.3 Å². The van der Waals surface area contributed by atoms with Crippen LogP contribution in [0.4, 0.5) is 0 Å². The molecule has 0 aliphatic rings. The Morgan fingerprint density at radius 1 is 0.553 bits per heavy atom. The van der Waals surface area contributed by atoms with Gasteiger partial charge in [-0.2, -0.15) is 0 Å². The van der Waals surface area contributed by atoms with Crippen LogP contribution in [0.15, 0.2) is 70.5 Å². The first-order valence-corrected chi connectivity index (χ1v) is 17.6. The monoisotopic (exact) mass is 548 g/mol. The van der Waals surface area contributed by atoms with Gasteiger partial charge in [0, 0.05) is 32.9 Å². The van der Waals surface area contributed by atoms with Crippen molar-refractivity contribution in [2.75, 3.05) is 38.2 Å². The minimum absolute atomic E-state index is 0.268. The highest BCUT2D eigenvalue weighted by molar-refractivity contribution is 7.95. The summed E-state index contributed by atoms with van der Waals surface area (Å²) in [5.41, 5.74) is 4.45. The van der Waals surface area contributed by atoms with E-state index in [1.807, 2.05) is 0 Å². The van der Waals surface area contributed by atoms with Crippen LogP contribution in [-0.4, -0.2) is 38.2 Å². The first-order chi connectivity index (χ1) is 18.4. The Balaban J connectivity index is 1.95. The van der Waals surface area contributed by atoms with Crippen LogP contribution < -0.4 is 9.47 Å². The maximum absolute atomic E-state index is 6.29. The van der Waals surface area contributed by atoms with Gasteiger partial charge in [0.25, 0.3) is 0 Å². The molecule has 0 saturated carbocycles. The molecule has 202 valence electrons. The summed E-state index contributed by atoms with van der Waals surface area (Å²) in [5, 5.41) is 0. The van der Waals surface area contributed by atoms with E-state index >= 15 is 0 Å². The number of hydrogen-bond donors (Lipinski definition) is 0. The summed E-state index contributed by atoms with van der Waals surface area (Å²) in [6.45, 7) is 5.79. The Morgan fingerprint density at radius 2 is 0.921 bits per heavy atom. The van der Waals surface area contributed by atoms with Crippen molar-refractivity contribution in [3.05, 3.63) is 82.9 Å². The van der Waals surface area contributed by atoms with Gasteiger partial charge < -0.3 is 9.47 Å². The van der Waals surface area contributed by atoms with Gasteiger partial charge in [0.2, 0.25) is 0 Å². The molecule has 0 atom stereocenters. The standard InChI is InChI=1S/C34H44O2S2/c1-7-9-23-35-33-25-30(18-12-28-15-21-32(22-16-28)38(5)6)34(36-24-10-8-2)26-29(33)17-11-27-13-19-31(20-14-27)37(3)4/h11-22,25-26H,7-10,23-24H2,1-6H3/q+2/b17-11+,18-12+. The molecule has 0 aromatic heterocycles. The third-order valence-corrected chi connectivity index (χ3v) is 8.70. The Bertz CT molecular complexity index is 1080. The molecule has 0 fully saturated rings. The zero-order valence-corrected chi connectivity index (χ0v) is 25.6. The Kier molecular flexibility index (Phi) is 12.4. The minimum Gasteiger partial charge on any atom is -0.493 e. The van der Waals surface area contributed by atoms with E-state index in [1.165, 1.54) is 20.9 Å². The van der Waals surface area contributed by atoms with Gasteiger partial charge in [0.1, 0.15) is 36.5 Å². The molecule has 3 aromatic rings. The molecule has 0 aliphatic carbocycles. The van der Waals surface area contributed by atoms with Gasteiger partial charge in [-0.1, -0.05) is 75.3 Å². The van der Waals surface area contributed by atoms with E-state index in [1.54, 1.807) is 0 Å². The average molecular weight is 549 g/mol. The van der Waals surface area contributed by atoms with Crippen molar-refractivity contribution in [2.24, 2.45) is 0 Å². The summed E-state index contributed by atoms with van der Waals surface area (Å²) in [6, 6.07) is 21.9. The SMILES string of the molecule is CCCCOc1cc(/C=C/c2ccc([S+](C)C)cc2)c(OCCCC)cc1/C=C/c1ccc([S+](C)C)cc1. The molecule has 0 N–H and O–H groups in total. The number of unbranched alkanes of at least 4 members (excludes halogenated alkanes) is 2. The summed E-state index contributed by atoms with van der Waals surface area (Å²) < 4.78 is 12.6. The lowest BCUT2D eigenvalue weighted by molar-refractivity contribution is 0.300. The third kappa shape index (κ3) is 9.32. The predicted octanol–water partition coefficient (Wildman–Crippen LogP) is 8.86. The molecule has 0 bridgehead atoms. The van der Waals surface area contributed by atoms with E-state index in [0.29, 0.717) is 13.2 Å². The topological polar surface area (TPSA) is 18.5 Å². The lowest BCUT2D eigenvalue weighted by Gasteiger charge is -2.15. The Morgan fingerprint density at radius 3 is 1.24 bits per heavy atom. The van der Waals surface area contributed by atoms with Gasteiger partial charge in [-0.05, 0) is 60.4 Å². The van der Waals surface area contributed by atoms with Crippen LogP contribution in [0.25, 0.3) is 24.3 Å². The molecule has 38 heavy (non-hydrogen) atoms. The molecular formula is C34H44O2S2+2. The van der Waals surface area contributed by atoms with Crippen LogP contribution in [0.3, 0.4) is 0 Å². The van der Waals surface area contributed by atoms with Crippen molar-refractivity contribution >= 4 is 46.1 Å². The highest BCUT2D eigenvalue weighted by Crippen LogP contribution is 2.33. The second-order valence-corrected chi connectivity index (χ2v) is 14.0. The van der Waals surface area contributed by atoms with Crippen molar-refractivity contribution in [1.29, 1.82) is 0 Å². The van der Waals surface area contributed by atoms with Crippen LogP contribution in [-0.2, 0) is 21.8 Å². The van der Waals surface area contributed by atoms with Crippen molar-refractivity contribution in [1.82, 2.24) is 0 Å². The van der Waals surface area contributed by atoms with Crippen LogP contribution in [0.1, 0.15) is 61.8 Å². The Hall–Kier alpha value is -2.56. The first-order valence-electron chi connectivity index (χ1n) is 13.6. The molecule has 3 rings (SSSR count). The van der Waals surface area contributed by atoms with Crippen molar-refractivity contribution in [3.8, 4) is 11.5 Å². The molecule has 0 radical (unpaired) electrons. The quantitative estimate of drug-likeness (QED) is 0.114. The van der Waals surface area contributed by atoms with Gasteiger partial charge in [0.15, 0.2) is 9.79 Å². The zero-order chi connectivity index (χ0) is 27.3. The average Bonchev–Trinajstić information content (AvgIpc) is 2.92. The maximum Gasteiger partial charge on any atom is 0.154 e. The molecule has 0 amide bonds. The van der Waals surface area contributed by atoms with Crippen molar-refractivity contribution < 1.29 is 9.47 Å². The number of hydrogen-bond acceptors (Lipinski definition) is 2. The summed E-state index contributed by atoms with van der Waals surface area (Å²) in [6.07, 6.45) is 21.9. The lowest BCUT2D eigenvalue weighted by Crippen LogP contribution is -2.02. The van der Waals surface area contributed by atoms with Crippen molar-refractivity contribution in [3.63, 3.8) is 0 Å². The fourth-order valence-corrected chi connectivity index (χ4v) is 5.19. The number of rotatable bonds is 14. The molecule has 0 unspecified atom stereocenters. The van der Waals surface area contributed by atoms with Gasteiger partial charge in [-0.15, -0.1) is 0 Å². The van der Waals surface area contributed by atoms with E-state index in [4.69, 9.17) is 9.47 Å². The molecule has 0 saturated heterocycles. The third-order valence-electron chi connectivity index (χ3n) is 6.27. The van der Waals surface area contributed by atoms with Crippen LogP contribution >= 0.6 is 0 Å². The second kappa shape index (κ2) is 15.8. The fraction of sp³-hybridized carbons (Fsp3) is 0.353. The highest BCUT2D eigenvalue weighted by Gasteiger charge is 2.11. The van der Waals surface area contributed by atoms with Gasteiger partial charge in [-0.3, -0.25) is 0 Å². The molecule has 0 aliphatic heterocycles. The van der Waals surface area contributed by atoms with Gasteiger partial charge >= 0.3 is 0 Å². The van der Waals surface area contributed by atoms with Crippen LogP contribution in [0.5, 0.6) is 11.5 Å². The fourth-order valence-electron chi connectivity index (χ4n) is 3.83. The highest BCUT2D eigenvalue weighted by atomic mass is 32.2. The molecule has 2 nitrogen and oxygen atoms in total. The predicted molar refractivity (Wildman–Crippen MR) is 173 cm³/mol. The maximum atomic E-state index is 6.29. The van der Waals surface area contributed by atoms with E-state index in [-0.39, 0.29) is 21.8 Å². The summed E-state index contributed by atoms with van der Waals surface area (Å²) in [7, 11) is 0.536. The van der Waals surface area contributed by atoms with Crippen LogP contribution in [0, 0.1) is 0 Å².